The van der Waals surface area contributed by atoms with Crippen molar-refractivity contribution in [1.29, 1.82) is 0 Å². The number of methoxy groups -OCH3 is 1. The molecule has 1 amide bonds. The van der Waals surface area contributed by atoms with Crippen molar-refractivity contribution in [3.05, 3.63) is 23.8 Å². The number of nitrogens with zero attached hydrogens (tertiary/aromatic N) is 5. The van der Waals surface area contributed by atoms with E-state index in [2.05, 4.69) is 19.8 Å². The van der Waals surface area contributed by atoms with Gasteiger partial charge in [-0.05, 0) is 6.92 Å². The minimum Gasteiger partial charge on any atom is -0.469 e. The third-order valence-corrected chi connectivity index (χ3v) is 3.00. The largest absolute Gasteiger partial charge is 0.469 e. The van der Waals surface area contributed by atoms with Crippen LogP contribution in [0.2, 0.25) is 0 Å². The Bertz CT molecular complexity index is 652. The average Bonchev–Trinajstić information content (AvgIpc) is 2.93. The van der Waals surface area contributed by atoms with Crippen LogP contribution in [0.25, 0.3) is 5.78 Å². The van der Waals surface area contributed by atoms with E-state index in [9.17, 15) is 9.59 Å². The van der Waals surface area contributed by atoms with E-state index in [1.165, 1.54) is 29.0 Å². The van der Waals surface area contributed by atoms with Crippen LogP contribution in [-0.4, -0.2) is 57.1 Å². The summed E-state index contributed by atoms with van der Waals surface area (Å²) in [5.41, 5.74) is 1.08. The fourth-order valence-corrected chi connectivity index (χ4v) is 1.77. The molecule has 0 aliphatic carbocycles. The number of hydrogen-bond acceptors (Lipinski definition) is 6. The van der Waals surface area contributed by atoms with Crippen LogP contribution >= 0.6 is 0 Å². The maximum absolute atomic E-state index is 12.3. The smallest absolute Gasteiger partial charge is 0.307 e. The zero-order valence-corrected chi connectivity index (χ0v) is 11.5. The normalized spacial score (nSPS) is 10.6. The molecule has 0 spiro atoms. The predicted molar refractivity (Wildman–Crippen MR) is 69.1 cm³/mol. The summed E-state index contributed by atoms with van der Waals surface area (Å²) in [6.07, 6.45) is 3.00. The molecule has 0 N–H and O–H groups in total. The molecule has 0 unspecified atom stereocenters. The second-order valence-electron chi connectivity index (χ2n) is 4.28. The van der Waals surface area contributed by atoms with Gasteiger partial charge in [-0.2, -0.15) is 10.1 Å². The molecule has 0 radical (unpaired) electrons. The molecule has 0 saturated heterocycles. The lowest BCUT2D eigenvalue weighted by Crippen LogP contribution is -2.30. The minimum absolute atomic E-state index is 0.150. The van der Waals surface area contributed by atoms with Gasteiger partial charge in [-0.25, -0.2) is 9.50 Å². The van der Waals surface area contributed by atoms with Crippen LogP contribution in [0.1, 0.15) is 22.5 Å². The van der Waals surface area contributed by atoms with Crippen LogP contribution in [0, 0.1) is 6.92 Å². The van der Waals surface area contributed by atoms with Crippen molar-refractivity contribution >= 4 is 17.7 Å². The molecule has 0 saturated carbocycles. The molecule has 8 nitrogen and oxygen atoms in total. The van der Waals surface area contributed by atoms with Crippen LogP contribution in [0.4, 0.5) is 0 Å². The first kappa shape index (κ1) is 13.9. The molecule has 0 aromatic carbocycles. The zero-order chi connectivity index (χ0) is 14.7. The van der Waals surface area contributed by atoms with Crippen molar-refractivity contribution < 1.29 is 14.3 Å². The summed E-state index contributed by atoms with van der Waals surface area (Å²) in [5.74, 6) is -0.140. The van der Waals surface area contributed by atoms with Crippen molar-refractivity contribution in [3.63, 3.8) is 0 Å². The van der Waals surface area contributed by atoms with Crippen molar-refractivity contribution in [1.82, 2.24) is 24.5 Å². The van der Waals surface area contributed by atoms with Gasteiger partial charge in [0.15, 0.2) is 0 Å². The Kier molecular flexibility index (Phi) is 3.92. The SMILES string of the molecule is COC(=O)CCN(C)C(=O)c1cnc2ncnn2c1C. The number of amides is 1. The first-order valence-corrected chi connectivity index (χ1v) is 6.02. The molecule has 0 fully saturated rings. The summed E-state index contributed by atoms with van der Waals surface area (Å²) in [5, 5.41) is 4.01. The molecule has 0 atom stereocenters. The van der Waals surface area contributed by atoms with Gasteiger partial charge in [0.2, 0.25) is 0 Å². The number of esters is 1. The van der Waals surface area contributed by atoms with Gasteiger partial charge in [0.25, 0.3) is 11.7 Å². The topological polar surface area (TPSA) is 89.7 Å². The summed E-state index contributed by atoms with van der Waals surface area (Å²) in [4.78, 5) is 32.9. The van der Waals surface area contributed by atoms with Crippen LogP contribution < -0.4 is 0 Å². The van der Waals surface area contributed by atoms with Gasteiger partial charge in [-0.3, -0.25) is 9.59 Å². The van der Waals surface area contributed by atoms with E-state index in [0.29, 0.717) is 17.0 Å². The number of hydrogen-bond donors (Lipinski definition) is 0. The molecule has 0 aliphatic heterocycles. The Morgan fingerprint density at radius 3 is 2.85 bits per heavy atom. The Morgan fingerprint density at radius 1 is 1.40 bits per heavy atom. The van der Waals surface area contributed by atoms with E-state index in [4.69, 9.17) is 0 Å². The Morgan fingerprint density at radius 2 is 2.15 bits per heavy atom. The molecular weight excluding hydrogens is 262 g/mol. The maximum atomic E-state index is 12.3. The average molecular weight is 277 g/mol. The molecule has 0 aliphatic rings. The molecule has 8 heteroatoms. The summed E-state index contributed by atoms with van der Waals surface area (Å²) < 4.78 is 6.05. The van der Waals surface area contributed by atoms with Gasteiger partial charge in [0.05, 0.1) is 24.8 Å². The molecule has 2 rings (SSSR count). The van der Waals surface area contributed by atoms with E-state index in [-0.39, 0.29) is 24.8 Å². The highest BCUT2D eigenvalue weighted by Gasteiger charge is 2.18. The number of ether oxygens (including phenoxy) is 1. The first-order chi connectivity index (χ1) is 9.54. The first-order valence-electron chi connectivity index (χ1n) is 6.02. The third-order valence-electron chi connectivity index (χ3n) is 3.00. The molecular formula is C12H15N5O3. The van der Waals surface area contributed by atoms with Crippen LogP contribution in [-0.2, 0) is 9.53 Å². The van der Waals surface area contributed by atoms with Crippen molar-refractivity contribution in [2.24, 2.45) is 0 Å². The number of rotatable bonds is 4. The van der Waals surface area contributed by atoms with Crippen molar-refractivity contribution in [2.75, 3.05) is 20.7 Å². The van der Waals surface area contributed by atoms with E-state index in [1.54, 1.807) is 14.0 Å². The summed E-state index contributed by atoms with van der Waals surface area (Å²) in [6.45, 7) is 2.05. The van der Waals surface area contributed by atoms with E-state index < -0.39 is 0 Å². The van der Waals surface area contributed by atoms with Crippen LogP contribution in [0.5, 0.6) is 0 Å². The third kappa shape index (κ3) is 2.58. The minimum atomic E-state index is -0.355. The lowest BCUT2D eigenvalue weighted by Gasteiger charge is -2.17. The maximum Gasteiger partial charge on any atom is 0.307 e. The second kappa shape index (κ2) is 5.64. The highest BCUT2D eigenvalue weighted by atomic mass is 16.5. The quantitative estimate of drug-likeness (QED) is 0.734. The van der Waals surface area contributed by atoms with Crippen molar-refractivity contribution in [3.8, 4) is 0 Å². The fraction of sp³-hybridized carbons (Fsp3) is 0.417. The Labute approximate surface area is 115 Å². The number of carbonyl (C=O) groups excluding carboxylic acids is 2. The van der Waals surface area contributed by atoms with E-state index in [1.807, 2.05) is 0 Å². The predicted octanol–water partition coefficient (Wildman–Crippen LogP) is 0.0678. The summed E-state index contributed by atoms with van der Waals surface area (Å²) in [6, 6.07) is 0. The molecule has 2 heterocycles. The lowest BCUT2D eigenvalue weighted by molar-refractivity contribution is -0.140. The Hall–Kier alpha value is -2.51. The molecule has 2 aromatic heterocycles. The number of fused-ring (bicyclic) bond motifs is 1. The Balaban J connectivity index is 2.18. The van der Waals surface area contributed by atoms with Gasteiger partial charge in [-0.1, -0.05) is 0 Å². The van der Waals surface area contributed by atoms with Gasteiger partial charge < -0.3 is 9.64 Å². The standard InChI is InChI=1S/C12H15N5O3/c1-8-9(6-13-12-14-7-15-17(8)12)11(19)16(2)5-4-10(18)20-3/h6-7H,4-5H2,1-3H3. The molecule has 2 aromatic rings. The molecule has 0 bridgehead atoms. The highest BCUT2D eigenvalue weighted by molar-refractivity contribution is 5.95. The lowest BCUT2D eigenvalue weighted by atomic mass is 10.2. The number of aromatic nitrogens is 4. The molecule has 20 heavy (non-hydrogen) atoms. The molecule has 106 valence electrons. The zero-order valence-electron chi connectivity index (χ0n) is 11.5. The van der Waals surface area contributed by atoms with E-state index in [0.717, 1.165) is 0 Å². The van der Waals surface area contributed by atoms with E-state index >= 15 is 0 Å². The van der Waals surface area contributed by atoms with Gasteiger partial charge >= 0.3 is 5.97 Å². The van der Waals surface area contributed by atoms with Gasteiger partial charge in [0.1, 0.15) is 6.33 Å². The summed E-state index contributed by atoms with van der Waals surface area (Å²) >= 11 is 0. The number of carbonyl (C=O) groups is 2. The van der Waals surface area contributed by atoms with Gasteiger partial charge in [-0.15, -0.1) is 0 Å². The van der Waals surface area contributed by atoms with Crippen LogP contribution in [0.15, 0.2) is 12.5 Å². The monoisotopic (exact) mass is 277 g/mol. The second-order valence-corrected chi connectivity index (χ2v) is 4.28. The highest BCUT2D eigenvalue weighted by Crippen LogP contribution is 2.10. The summed E-state index contributed by atoms with van der Waals surface area (Å²) in [7, 11) is 2.94. The number of aryl methyl sites for hydroxylation is 1. The van der Waals surface area contributed by atoms with Crippen molar-refractivity contribution in [2.45, 2.75) is 13.3 Å². The fourth-order valence-electron chi connectivity index (χ4n) is 1.77. The van der Waals surface area contributed by atoms with Crippen LogP contribution in [0.3, 0.4) is 0 Å². The van der Waals surface area contributed by atoms with Gasteiger partial charge in [0, 0.05) is 19.8 Å².